The third-order valence-corrected chi connectivity index (χ3v) is 8.05. The average molecular weight is 550 g/mol. The maximum Gasteiger partial charge on any atom is 0.320 e. The molecule has 0 unspecified atom stereocenters. The first-order valence-electron chi connectivity index (χ1n) is 13.3. The first kappa shape index (κ1) is 29.7. The zero-order chi connectivity index (χ0) is 26.4. The number of halogens is 1. The van der Waals surface area contributed by atoms with Gasteiger partial charge in [-0.05, 0) is 50.0 Å². The molecule has 2 aliphatic heterocycles. The van der Waals surface area contributed by atoms with E-state index < -0.39 is 0 Å². The largest absolute Gasteiger partial charge is 0.469 e. The fourth-order valence-corrected chi connectivity index (χ4v) is 5.72. The number of methoxy groups -OCH3 is 1. The number of amides is 3. The van der Waals surface area contributed by atoms with Gasteiger partial charge in [-0.25, -0.2) is 4.79 Å². The summed E-state index contributed by atoms with van der Waals surface area (Å²) in [6.07, 6.45) is 4.36. The highest BCUT2D eigenvalue weighted by atomic mass is 35.5. The van der Waals surface area contributed by atoms with Crippen LogP contribution >= 0.6 is 12.4 Å². The quantitative estimate of drug-likeness (QED) is 0.319. The van der Waals surface area contributed by atoms with Crippen LogP contribution in [0, 0.1) is 11.3 Å². The Balaban J connectivity index is 0.00000400. The van der Waals surface area contributed by atoms with E-state index in [9.17, 15) is 14.4 Å². The number of morpholine rings is 1. The molecule has 0 atom stereocenters. The van der Waals surface area contributed by atoms with Crippen molar-refractivity contribution in [3.8, 4) is 0 Å². The molecule has 11 heteroatoms. The van der Waals surface area contributed by atoms with Crippen molar-refractivity contribution in [1.82, 2.24) is 14.7 Å². The van der Waals surface area contributed by atoms with Crippen LogP contribution in [0.3, 0.4) is 0 Å². The van der Waals surface area contributed by atoms with E-state index in [1.807, 2.05) is 29.2 Å². The van der Waals surface area contributed by atoms with Crippen LogP contribution in [0.1, 0.15) is 55.6 Å². The molecular weight excluding hydrogens is 510 g/mol. The minimum atomic E-state index is -0.195. The summed E-state index contributed by atoms with van der Waals surface area (Å²) in [5, 5.41) is 7.58. The van der Waals surface area contributed by atoms with Crippen LogP contribution < -0.4 is 5.73 Å². The van der Waals surface area contributed by atoms with E-state index in [4.69, 9.17) is 20.6 Å². The highest BCUT2D eigenvalue weighted by molar-refractivity contribution is 5.94. The van der Waals surface area contributed by atoms with E-state index in [0.717, 1.165) is 12.8 Å². The maximum atomic E-state index is 13.8. The van der Waals surface area contributed by atoms with Gasteiger partial charge in [-0.2, -0.15) is 0 Å². The van der Waals surface area contributed by atoms with Crippen LogP contribution in [0.15, 0.2) is 24.3 Å². The van der Waals surface area contributed by atoms with E-state index in [2.05, 4.69) is 0 Å². The summed E-state index contributed by atoms with van der Waals surface area (Å²) < 4.78 is 10.3. The second kappa shape index (κ2) is 13.8. The van der Waals surface area contributed by atoms with Crippen LogP contribution in [0.5, 0.6) is 0 Å². The third-order valence-electron chi connectivity index (χ3n) is 8.05. The Bertz CT molecular complexity index is 969. The lowest BCUT2D eigenvalue weighted by Crippen LogP contribution is -2.55. The number of hydrogen-bond donors (Lipinski definition) is 2. The molecule has 3 fully saturated rings. The molecule has 210 valence electrons. The minimum Gasteiger partial charge on any atom is -0.469 e. The number of nitrogens with zero attached hydrogens (tertiary/aromatic N) is 3. The molecule has 4 rings (SSSR count). The number of rotatable bonds is 6. The summed E-state index contributed by atoms with van der Waals surface area (Å²) in [5.74, 6) is 0.00730. The number of esters is 1. The zero-order valence-corrected chi connectivity index (χ0v) is 22.9. The monoisotopic (exact) mass is 549 g/mol. The van der Waals surface area contributed by atoms with Gasteiger partial charge in [-0.3, -0.25) is 15.0 Å². The Morgan fingerprint density at radius 2 is 1.58 bits per heavy atom. The van der Waals surface area contributed by atoms with E-state index in [1.54, 1.807) is 9.80 Å². The average Bonchev–Trinajstić information content (AvgIpc) is 2.95. The Labute approximate surface area is 230 Å². The Kier molecular flexibility index (Phi) is 10.8. The van der Waals surface area contributed by atoms with Gasteiger partial charge in [0.1, 0.15) is 12.4 Å². The number of nitrogens with two attached hydrogens (primary N) is 1. The van der Waals surface area contributed by atoms with E-state index in [0.29, 0.717) is 76.6 Å². The van der Waals surface area contributed by atoms with E-state index in [1.165, 1.54) is 12.7 Å². The van der Waals surface area contributed by atoms with Crippen LogP contribution in [0.25, 0.3) is 0 Å². The first-order chi connectivity index (χ1) is 17.9. The van der Waals surface area contributed by atoms with E-state index >= 15 is 0 Å². The number of urea groups is 1. The standard InChI is InChI=1S/C27H39N5O5.ClH/c1-36-26(34)22-6-8-23(9-7-22)32(18-24(33)30-14-16-37-17-15-30)27(35)31-12-10-20(11-13-31)19-2-4-21(5-3-19)25(28)29;/h2-5,20,22-23H,6-18H2,1H3,(H3,28,29);1H. The first-order valence-corrected chi connectivity index (χ1v) is 13.3. The van der Waals surface area contributed by atoms with Gasteiger partial charge in [0.15, 0.2) is 0 Å². The molecule has 2 heterocycles. The van der Waals surface area contributed by atoms with Gasteiger partial charge in [0, 0.05) is 37.8 Å². The SMILES string of the molecule is COC(=O)C1CCC(N(CC(=O)N2CCOCC2)C(=O)N2CCC(c3ccc(C(=N)N)cc3)CC2)CC1.Cl. The molecule has 3 aliphatic rings. The summed E-state index contributed by atoms with van der Waals surface area (Å²) >= 11 is 0. The van der Waals surface area contributed by atoms with Gasteiger partial charge >= 0.3 is 12.0 Å². The number of carbonyl (C=O) groups excluding carboxylic acids is 3. The third kappa shape index (κ3) is 7.17. The number of hydrogen-bond acceptors (Lipinski definition) is 6. The van der Waals surface area contributed by atoms with Crippen molar-refractivity contribution in [1.29, 1.82) is 5.41 Å². The van der Waals surface area contributed by atoms with Gasteiger partial charge < -0.3 is 29.9 Å². The molecule has 2 saturated heterocycles. The Hall–Kier alpha value is -2.85. The topological polar surface area (TPSA) is 129 Å². The molecule has 10 nitrogen and oxygen atoms in total. The van der Waals surface area contributed by atoms with Crippen molar-refractivity contribution in [2.75, 3.05) is 53.0 Å². The van der Waals surface area contributed by atoms with Crippen LogP contribution in [0.4, 0.5) is 4.79 Å². The number of piperidine rings is 1. The van der Waals surface area contributed by atoms with Gasteiger partial charge in [0.05, 0.1) is 26.2 Å². The molecule has 1 aliphatic carbocycles. The highest BCUT2D eigenvalue weighted by Crippen LogP contribution is 2.32. The summed E-state index contributed by atoms with van der Waals surface area (Å²) in [7, 11) is 1.41. The molecule has 0 radical (unpaired) electrons. The molecule has 1 saturated carbocycles. The predicted molar refractivity (Wildman–Crippen MR) is 146 cm³/mol. The predicted octanol–water partition coefficient (Wildman–Crippen LogP) is 2.58. The lowest BCUT2D eigenvalue weighted by atomic mass is 9.85. The zero-order valence-electron chi connectivity index (χ0n) is 22.1. The number of likely N-dealkylation sites (tertiary alicyclic amines) is 1. The molecule has 1 aromatic carbocycles. The summed E-state index contributed by atoms with van der Waals surface area (Å²) in [4.78, 5) is 44.3. The van der Waals surface area contributed by atoms with Crippen molar-refractivity contribution in [3.05, 3.63) is 35.4 Å². The molecule has 1 aromatic rings. The molecule has 3 N–H and O–H groups in total. The van der Waals surface area contributed by atoms with Gasteiger partial charge in [-0.15, -0.1) is 12.4 Å². The Morgan fingerprint density at radius 3 is 2.13 bits per heavy atom. The second-order valence-corrected chi connectivity index (χ2v) is 10.2. The summed E-state index contributed by atoms with van der Waals surface area (Å²) in [5.41, 5.74) is 7.47. The molecule has 0 aromatic heterocycles. The van der Waals surface area contributed by atoms with Gasteiger partial charge in [0.2, 0.25) is 5.91 Å². The molecule has 0 spiro atoms. The fourth-order valence-electron chi connectivity index (χ4n) is 5.72. The summed E-state index contributed by atoms with van der Waals surface area (Å²) in [6.45, 7) is 3.43. The molecule has 0 bridgehead atoms. The summed E-state index contributed by atoms with van der Waals surface area (Å²) in [6, 6.07) is 7.62. The number of nitrogens with one attached hydrogen (secondary N) is 1. The number of amidine groups is 1. The van der Waals surface area contributed by atoms with Crippen LogP contribution in [-0.2, 0) is 19.1 Å². The van der Waals surface area contributed by atoms with Crippen molar-refractivity contribution in [3.63, 3.8) is 0 Å². The van der Waals surface area contributed by atoms with Crippen LogP contribution in [0.2, 0.25) is 0 Å². The highest BCUT2D eigenvalue weighted by Gasteiger charge is 2.36. The lowest BCUT2D eigenvalue weighted by Gasteiger charge is -2.41. The van der Waals surface area contributed by atoms with Crippen molar-refractivity contribution in [2.45, 2.75) is 50.5 Å². The number of benzene rings is 1. The van der Waals surface area contributed by atoms with Gasteiger partial charge in [0.25, 0.3) is 0 Å². The molecule has 3 amide bonds. The number of carbonyl (C=O) groups is 3. The molecule has 38 heavy (non-hydrogen) atoms. The minimum absolute atomic E-state index is 0. The Morgan fingerprint density at radius 1 is 0.974 bits per heavy atom. The second-order valence-electron chi connectivity index (χ2n) is 10.2. The van der Waals surface area contributed by atoms with Gasteiger partial charge in [-0.1, -0.05) is 24.3 Å². The smallest absolute Gasteiger partial charge is 0.320 e. The van der Waals surface area contributed by atoms with E-state index in [-0.39, 0.29) is 54.7 Å². The number of ether oxygens (including phenoxy) is 2. The van der Waals surface area contributed by atoms with Crippen molar-refractivity contribution >= 4 is 36.2 Å². The molecular formula is C27H40ClN5O5. The van der Waals surface area contributed by atoms with Crippen molar-refractivity contribution < 1.29 is 23.9 Å². The van der Waals surface area contributed by atoms with Crippen molar-refractivity contribution in [2.24, 2.45) is 11.7 Å². The fraction of sp³-hybridized carbons (Fsp3) is 0.630. The lowest BCUT2D eigenvalue weighted by molar-refractivity contribution is -0.147. The maximum absolute atomic E-state index is 13.8. The number of nitrogen functional groups attached to an aromatic ring is 1. The normalized spacial score (nSPS) is 22.2. The van der Waals surface area contributed by atoms with Crippen LogP contribution in [-0.4, -0.2) is 97.5 Å².